The second-order valence-corrected chi connectivity index (χ2v) is 5.68. The summed E-state index contributed by atoms with van der Waals surface area (Å²) in [7, 11) is 1.60. The zero-order valence-corrected chi connectivity index (χ0v) is 12.8. The molecule has 1 aromatic rings. The van der Waals surface area contributed by atoms with Crippen LogP contribution < -0.4 is 10.1 Å². The van der Waals surface area contributed by atoms with Crippen molar-refractivity contribution in [3.8, 4) is 5.75 Å². The first-order chi connectivity index (χ1) is 10.5. The van der Waals surface area contributed by atoms with Crippen LogP contribution in [0, 0.1) is 12.3 Å². The van der Waals surface area contributed by atoms with Gasteiger partial charge in [0, 0.05) is 12.8 Å². The number of ether oxygens (including phenoxy) is 2. The van der Waals surface area contributed by atoms with Gasteiger partial charge in [0.15, 0.2) is 6.61 Å². The highest BCUT2D eigenvalue weighted by molar-refractivity contribution is 5.96. The van der Waals surface area contributed by atoms with Gasteiger partial charge in [-0.1, -0.05) is 6.42 Å². The van der Waals surface area contributed by atoms with Gasteiger partial charge in [0.05, 0.1) is 12.0 Å². The van der Waals surface area contributed by atoms with E-state index in [4.69, 9.17) is 14.6 Å². The Hall–Kier alpha value is -2.08. The minimum atomic E-state index is -1.03. The van der Waals surface area contributed by atoms with Crippen molar-refractivity contribution in [2.45, 2.75) is 26.2 Å². The highest BCUT2D eigenvalue weighted by Crippen LogP contribution is 2.42. The Kier molecular flexibility index (Phi) is 5.03. The van der Waals surface area contributed by atoms with Gasteiger partial charge in [-0.15, -0.1) is 0 Å². The van der Waals surface area contributed by atoms with Crippen LogP contribution in [-0.2, 0) is 14.3 Å². The molecule has 0 aromatic heterocycles. The fourth-order valence-electron chi connectivity index (χ4n) is 2.58. The summed E-state index contributed by atoms with van der Waals surface area (Å²) in [5.74, 6) is -0.586. The average Bonchev–Trinajstić information content (AvgIpc) is 2.43. The van der Waals surface area contributed by atoms with Gasteiger partial charge >= 0.3 is 5.97 Å². The number of hydrogen-bond donors (Lipinski definition) is 2. The van der Waals surface area contributed by atoms with E-state index in [9.17, 15) is 9.59 Å². The molecular formula is C16H21NO5. The number of carbonyl (C=O) groups is 2. The van der Waals surface area contributed by atoms with Gasteiger partial charge in [0.1, 0.15) is 5.75 Å². The number of hydrogen-bond acceptors (Lipinski definition) is 4. The van der Waals surface area contributed by atoms with E-state index >= 15 is 0 Å². The van der Waals surface area contributed by atoms with E-state index in [-0.39, 0.29) is 12.5 Å². The molecule has 22 heavy (non-hydrogen) atoms. The third-order valence-corrected chi connectivity index (χ3v) is 4.02. The standard InChI is InChI=1S/C16H21NO5/c1-11-8-12(22-9-14(18)19)4-5-13(11)17-15(20)16(10-21-2)6-3-7-16/h4-5,8H,3,6-7,9-10H2,1-2H3,(H,17,20)(H,18,19). The number of carboxylic acid groups (broad SMARTS) is 1. The van der Waals surface area contributed by atoms with Crippen molar-refractivity contribution in [2.75, 3.05) is 25.6 Å². The molecular weight excluding hydrogens is 286 g/mol. The van der Waals surface area contributed by atoms with Crippen molar-refractivity contribution in [1.82, 2.24) is 0 Å². The van der Waals surface area contributed by atoms with Crippen LogP contribution in [0.5, 0.6) is 5.75 Å². The van der Waals surface area contributed by atoms with Crippen LogP contribution in [0.2, 0.25) is 0 Å². The van der Waals surface area contributed by atoms with Gasteiger partial charge < -0.3 is 19.9 Å². The summed E-state index contributed by atoms with van der Waals surface area (Å²) in [6.07, 6.45) is 2.72. The zero-order valence-electron chi connectivity index (χ0n) is 12.8. The van der Waals surface area contributed by atoms with Crippen LogP contribution in [0.15, 0.2) is 18.2 Å². The Morgan fingerprint density at radius 1 is 1.36 bits per heavy atom. The molecule has 1 saturated carbocycles. The Labute approximate surface area is 129 Å². The van der Waals surface area contributed by atoms with Crippen molar-refractivity contribution in [3.05, 3.63) is 23.8 Å². The number of nitrogens with one attached hydrogen (secondary N) is 1. The van der Waals surface area contributed by atoms with E-state index in [0.717, 1.165) is 24.8 Å². The lowest BCUT2D eigenvalue weighted by Gasteiger charge is -2.39. The molecule has 1 aliphatic rings. The van der Waals surface area contributed by atoms with E-state index in [1.807, 2.05) is 6.92 Å². The summed E-state index contributed by atoms with van der Waals surface area (Å²) in [5, 5.41) is 11.5. The topological polar surface area (TPSA) is 84.9 Å². The first-order valence-corrected chi connectivity index (χ1v) is 7.22. The molecule has 1 aromatic carbocycles. The maximum atomic E-state index is 12.5. The SMILES string of the molecule is COCC1(C(=O)Nc2ccc(OCC(=O)O)cc2C)CCC1. The quantitative estimate of drug-likeness (QED) is 0.807. The number of benzene rings is 1. The predicted octanol–water partition coefficient (Wildman–Crippen LogP) is 2.21. The van der Waals surface area contributed by atoms with Gasteiger partial charge in [0.25, 0.3) is 0 Å². The van der Waals surface area contributed by atoms with E-state index in [0.29, 0.717) is 18.0 Å². The average molecular weight is 307 g/mol. The normalized spacial score (nSPS) is 15.7. The number of methoxy groups -OCH3 is 1. The van der Waals surface area contributed by atoms with Gasteiger partial charge in [-0.25, -0.2) is 4.79 Å². The van der Waals surface area contributed by atoms with E-state index in [1.165, 1.54) is 0 Å². The smallest absolute Gasteiger partial charge is 0.341 e. The number of aliphatic carboxylic acids is 1. The minimum Gasteiger partial charge on any atom is -0.482 e. The lowest BCUT2D eigenvalue weighted by atomic mass is 9.68. The van der Waals surface area contributed by atoms with E-state index < -0.39 is 11.4 Å². The molecule has 0 saturated heterocycles. The second kappa shape index (κ2) is 6.79. The molecule has 0 atom stereocenters. The molecule has 0 aliphatic heterocycles. The molecule has 6 heteroatoms. The number of rotatable bonds is 7. The summed E-state index contributed by atoms with van der Waals surface area (Å²) in [5.41, 5.74) is 1.11. The van der Waals surface area contributed by atoms with Crippen LogP contribution in [0.4, 0.5) is 5.69 Å². The molecule has 1 fully saturated rings. The zero-order chi connectivity index (χ0) is 16.2. The molecule has 120 valence electrons. The number of amides is 1. The fraction of sp³-hybridized carbons (Fsp3) is 0.500. The van der Waals surface area contributed by atoms with Crippen LogP contribution in [0.25, 0.3) is 0 Å². The largest absolute Gasteiger partial charge is 0.482 e. The Morgan fingerprint density at radius 2 is 2.09 bits per heavy atom. The van der Waals surface area contributed by atoms with Crippen LogP contribution in [0.3, 0.4) is 0 Å². The van der Waals surface area contributed by atoms with E-state index in [1.54, 1.807) is 25.3 Å². The Balaban J connectivity index is 2.03. The Morgan fingerprint density at radius 3 is 2.59 bits per heavy atom. The fourth-order valence-corrected chi connectivity index (χ4v) is 2.58. The third-order valence-electron chi connectivity index (χ3n) is 4.02. The lowest BCUT2D eigenvalue weighted by Crippen LogP contribution is -2.45. The van der Waals surface area contributed by atoms with Gasteiger partial charge in [-0.3, -0.25) is 4.79 Å². The highest BCUT2D eigenvalue weighted by Gasteiger charge is 2.44. The summed E-state index contributed by atoms with van der Waals surface area (Å²) in [6.45, 7) is 1.88. The number of carbonyl (C=O) groups excluding carboxylic acids is 1. The molecule has 2 N–H and O–H groups in total. The van der Waals surface area contributed by atoms with Gasteiger partial charge in [-0.05, 0) is 43.5 Å². The van der Waals surface area contributed by atoms with Gasteiger partial charge in [-0.2, -0.15) is 0 Å². The second-order valence-electron chi connectivity index (χ2n) is 5.68. The molecule has 6 nitrogen and oxygen atoms in total. The molecule has 0 spiro atoms. The Bertz CT molecular complexity index is 566. The van der Waals surface area contributed by atoms with Gasteiger partial charge in [0.2, 0.25) is 5.91 Å². The number of aryl methyl sites for hydroxylation is 1. The first-order valence-electron chi connectivity index (χ1n) is 7.22. The van der Waals surface area contributed by atoms with Crippen molar-refractivity contribution in [1.29, 1.82) is 0 Å². The van der Waals surface area contributed by atoms with Crippen molar-refractivity contribution in [2.24, 2.45) is 5.41 Å². The van der Waals surface area contributed by atoms with Crippen molar-refractivity contribution < 1.29 is 24.2 Å². The summed E-state index contributed by atoms with van der Waals surface area (Å²) in [6, 6.07) is 5.08. The first kappa shape index (κ1) is 16.3. The maximum absolute atomic E-state index is 12.5. The summed E-state index contributed by atoms with van der Waals surface area (Å²) < 4.78 is 10.3. The monoisotopic (exact) mass is 307 g/mol. The molecule has 0 heterocycles. The molecule has 2 rings (SSSR count). The summed E-state index contributed by atoms with van der Waals surface area (Å²) in [4.78, 5) is 22.9. The number of anilines is 1. The molecule has 1 amide bonds. The van der Waals surface area contributed by atoms with Crippen molar-refractivity contribution >= 4 is 17.6 Å². The van der Waals surface area contributed by atoms with E-state index in [2.05, 4.69) is 5.32 Å². The molecule has 0 unspecified atom stereocenters. The van der Waals surface area contributed by atoms with Crippen LogP contribution in [-0.4, -0.2) is 37.3 Å². The summed E-state index contributed by atoms with van der Waals surface area (Å²) >= 11 is 0. The number of carboxylic acids is 1. The minimum absolute atomic E-state index is 0.0251. The van der Waals surface area contributed by atoms with Crippen LogP contribution >= 0.6 is 0 Å². The predicted molar refractivity (Wildman–Crippen MR) is 81.1 cm³/mol. The highest BCUT2D eigenvalue weighted by atomic mass is 16.5. The maximum Gasteiger partial charge on any atom is 0.341 e. The van der Waals surface area contributed by atoms with Crippen molar-refractivity contribution in [3.63, 3.8) is 0 Å². The molecule has 1 aliphatic carbocycles. The lowest BCUT2D eigenvalue weighted by molar-refractivity contribution is -0.139. The third kappa shape index (κ3) is 3.57. The molecule has 0 bridgehead atoms. The molecule has 0 radical (unpaired) electrons. The van der Waals surface area contributed by atoms with Crippen LogP contribution in [0.1, 0.15) is 24.8 Å².